The molecular weight excluding hydrogens is 181 g/mol. The van der Waals surface area contributed by atoms with E-state index in [1.807, 2.05) is 30.3 Å². The summed E-state index contributed by atoms with van der Waals surface area (Å²) in [6, 6.07) is 9.69. The number of halogens is 1. The second-order valence-electron chi connectivity index (χ2n) is 2.95. The molecule has 0 radical (unpaired) electrons. The highest BCUT2D eigenvalue weighted by Gasteiger charge is 1.91. The van der Waals surface area contributed by atoms with Crippen LogP contribution in [0, 0.1) is 0 Å². The summed E-state index contributed by atoms with van der Waals surface area (Å²) in [5.41, 5.74) is 0. The molecule has 14 heavy (non-hydrogen) atoms. The molecule has 2 nitrogen and oxygen atoms in total. The second-order valence-corrected chi connectivity index (χ2v) is 2.95. The van der Waals surface area contributed by atoms with E-state index in [1.165, 1.54) is 0 Å². The van der Waals surface area contributed by atoms with Gasteiger partial charge in [-0.25, -0.2) is 4.39 Å². The first-order valence-electron chi connectivity index (χ1n) is 4.88. The number of para-hydroxylation sites is 1. The largest absolute Gasteiger partial charge is 0.494 e. The minimum absolute atomic E-state index is 0.306. The lowest BCUT2D eigenvalue weighted by Crippen LogP contribution is -2.19. The minimum atomic E-state index is -0.306. The Labute approximate surface area is 84.1 Å². The molecule has 1 aromatic carbocycles. The summed E-state index contributed by atoms with van der Waals surface area (Å²) in [7, 11) is 0. The molecule has 0 bridgehead atoms. The van der Waals surface area contributed by atoms with Crippen molar-refractivity contribution in [3.05, 3.63) is 30.3 Å². The number of nitrogens with one attached hydrogen (secondary N) is 1. The average Bonchev–Trinajstić information content (AvgIpc) is 2.25. The van der Waals surface area contributed by atoms with Gasteiger partial charge in [0, 0.05) is 6.54 Å². The van der Waals surface area contributed by atoms with Crippen LogP contribution in [0.5, 0.6) is 5.75 Å². The van der Waals surface area contributed by atoms with Crippen LogP contribution in [0.4, 0.5) is 4.39 Å². The van der Waals surface area contributed by atoms with Crippen LogP contribution in [0.25, 0.3) is 0 Å². The summed E-state index contributed by atoms with van der Waals surface area (Å²) in [5, 5.41) is 2.97. The molecule has 0 saturated carbocycles. The molecule has 1 N–H and O–H groups in total. The lowest BCUT2D eigenvalue weighted by molar-refractivity contribution is 0.307. The Kier molecular flexibility index (Phi) is 5.75. The molecule has 0 unspecified atom stereocenters. The monoisotopic (exact) mass is 197 g/mol. The molecular formula is C11H16FNO. The second kappa shape index (κ2) is 7.33. The lowest BCUT2D eigenvalue weighted by Gasteiger charge is -2.05. The maximum atomic E-state index is 11.7. The number of alkyl halides is 1. The van der Waals surface area contributed by atoms with Crippen molar-refractivity contribution in [3.8, 4) is 5.75 Å². The van der Waals surface area contributed by atoms with Gasteiger partial charge >= 0.3 is 0 Å². The number of benzene rings is 1. The normalized spacial score (nSPS) is 10.1. The molecule has 0 aliphatic heterocycles. The average molecular weight is 197 g/mol. The van der Waals surface area contributed by atoms with E-state index >= 15 is 0 Å². The Morgan fingerprint density at radius 3 is 2.64 bits per heavy atom. The van der Waals surface area contributed by atoms with Crippen molar-refractivity contribution in [2.75, 3.05) is 26.4 Å². The van der Waals surface area contributed by atoms with E-state index in [0.717, 1.165) is 18.7 Å². The Balaban J connectivity index is 1.99. The van der Waals surface area contributed by atoms with Crippen molar-refractivity contribution in [2.45, 2.75) is 6.42 Å². The molecule has 0 fully saturated rings. The fourth-order valence-corrected chi connectivity index (χ4v) is 1.10. The molecule has 1 rings (SSSR count). The van der Waals surface area contributed by atoms with Gasteiger partial charge < -0.3 is 10.1 Å². The molecule has 1 aromatic rings. The van der Waals surface area contributed by atoms with E-state index < -0.39 is 0 Å². The van der Waals surface area contributed by atoms with Gasteiger partial charge in [0.1, 0.15) is 12.4 Å². The summed E-state index contributed by atoms with van der Waals surface area (Å²) in [4.78, 5) is 0. The third-order valence-corrected chi connectivity index (χ3v) is 1.78. The van der Waals surface area contributed by atoms with Gasteiger partial charge in [-0.2, -0.15) is 0 Å². The number of ether oxygens (including phenoxy) is 1. The molecule has 0 atom stereocenters. The zero-order valence-electron chi connectivity index (χ0n) is 8.21. The van der Waals surface area contributed by atoms with Gasteiger partial charge in [-0.1, -0.05) is 18.2 Å². The van der Waals surface area contributed by atoms with Gasteiger partial charge in [-0.15, -0.1) is 0 Å². The first-order valence-corrected chi connectivity index (χ1v) is 4.88. The van der Waals surface area contributed by atoms with Crippen LogP contribution < -0.4 is 10.1 Å². The minimum Gasteiger partial charge on any atom is -0.494 e. The SMILES string of the molecule is FCCNCCCOc1ccccc1. The standard InChI is InChI=1S/C11H16FNO/c12-7-9-13-8-4-10-14-11-5-2-1-3-6-11/h1-3,5-6,13H,4,7-10H2. The third-order valence-electron chi connectivity index (χ3n) is 1.78. The van der Waals surface area contributed by atoms with E-state index in [0.29, 0.717) is 13.2 Å². The highest BCUT2D eigenvalue weighted by atomic mass is 19.1. The van der Waals surface area contributed by atoms with Crippen molar-refractivity contribution in [1.82, 2.24) is 5.32 Å². The van der Waals surface area contributed by atoms with Gasteiger partial charge in [0.05, 0.1) is 6.61 Å². The highest BCUT2D eigenvalue weighted by molar-refractivity contribution is 5.20. The topological polar surface area (TPSA) is 21.3 Å². The fraction of sp³-hybridized carbons (Fsp3) is 0.455. The predicted molar refractivity (Wildman–Crippen MR) is 55.4 cm³/mol. The van der Waals surface area contributed by atoms with Crippen molar-refractivity contribution >= 4 is 0 Å². The third kappa shape index (κ3) is 4.82. The van der Waals surface area contributed by atoms with Crippen LogP contribution in [0.3, 0.4) is 0 Å². The van der Waals surface area contributed by atoms with Gasteiger partial charge in [0.25, 0.3) is 0 Å². The van der Waals surface area contributed by atoms with Crippen LogP contribution >= 0.6 is 0 Å². The molecule has 3 heteroatoms. The number of hydrogen-bond acceptors (Lipinski definition) is 2. The van der Waals surface area contributed by atoms with Gasteiger partial charge in [0.2, 0.25) is 0 Å². The first-order chi connectivity index (χ1) is 6.93. The van der Waals surface area contributed by atoms with E-state index in [4.69, 9.17) is 4.74 Å². The molecule has 0 amide bonds. The smallest absolute Gasteiger partial charge is 0.119 e. The first kappa shape index (κ1) is 11.0. The van der Waals surface area contributed by atoms with E-state index in [2.05, 4.69) is 5.32 Å². The summed E-state index contributed by atoms with van der Waals surface area (Å²) in [6.07, 6.45) is 0.898. The van der Waals surface area contributed by atoms with Crippen LogP contribution in [-0.4, -0.2) is 26.4 Å². The quantitative estimate of drug-likeness (QED) is 0.675. The summed E-state index contributed by atoms with van der Waals surface area (Å²) in [5.74, 6) is 0.887. The molecule has 0 saturated heterocycles. The molecule has 0 aromatic heterocycles. The summed E-state index contributed by atoms with van der Waals surface area (Å²) < 4.78 is 17.1. The van der Waals surface area contributed by atoms with Gasteiger partial charge in [-0.3, -0.25) is 0 Å². The van der Waals surface area contributed by atoms with E-state index in [9.17, 15) is 4.39 Å². The van der Waals surface area contributed by atoms with E-state index in [1.54, 1.807) is 0 Å². The van der Waals surface area contributed by atoms with Crippen LogP contribution in [-0.2, 0) is 0 Å². The van der Waals surface area contributed by atoms with Crippen LogP contribution in [0.15, 0.2) is 30.3 Å². The van der Waals surface area contributed by atoms with Crippen LogP contribution in [0.1, 0.15) is 6.42 Å². The Bertz CT molecular complexity index is 228. The van der Waals surface area contributed by atoms with Gasteiger partial charge in [0.15, 0.2) is 0 Å². The Morgan fingerprint density at radius 1 is 1.14 bits per heavy atom. The fourth-order valence-electron chi connectivity index (χ4n) is 1.10. The molecule has 0 aliphatic carbocycles. The predicted octanol–water partition coefficient (Wildman–Crippen LogP) is 2.01. The van der Waals surface area contributed by atoms with Crippen molar-refractivity contribution in [3.63, 3.8) is 0 Å². The molecule has 0 aliphatic rings. The maximum Gasteiger partial charge on any atom is 0.119 e. The lowest BCUT2D eigenvalue weighted by atomic mass is 10.3. The zero-order valence-corrected chi connectivity index (χ0v) is 8.21. The highest BCUT2D eigenvalue weighted by Crippen LogP contribution is 2.07. The van der Waals surface area contributed by atoms with Crippen molar-refractivity contribution < 1.29 is 9.13 Å². The Hall–Kier alpha value is -1.09. The maximum absolute atomic E-state index is 11.7. The van der Waals surface area contributed by atoms with E-state index in [-0.39, 0.29) is 6.67 Å². The van der Waals surface area contributed by atoms with Crippen LogP contribution in [0.2, 0.25) is 0 Å². The molecule has 0 spiro atoms. The Morgan fingerprint density at radius 2 is 1.93 bits per heavy atom. The molecule has 78 valence electrons. The number of rotatable bonds is 7. The summed E-state index contributed by atoms with van der Waals surface area (Å²) >= 11 is 0. The van der Waals surface area contributed by atoms with Gasteiger partial charge in [-0.05, 0) is 25.1 Å². The zero-order chi connectivity index (χ0) is 10.1. The van der Waals surface area contributed by atoms with Crippen molar-refractivity contribution in [1.29, 1.82) is 0 Å². The summed E-state index contributed by atoms with van der Waals surface area (Å²) in [6.45, 7) is 1.60. The van der Waals surface area contributed by atoms with Crippen molar-refractivity contribution in [2.24, 2.45) is 0 Å². The molecule has 0 heterocycles. The number of hydrogen-bond donors (Lipinski definition) is 1.